The fourth-order valence-corrected chi connectivity index (χ4v) is 3.48. The lowest BCUT2D eigenvalue weighted by Gasteiger charge is -2.23. The highest BCUT2D eigenvalue weighted by Gasteiger charge is 2.22. The fourth-order valence-electron chi connectivity index (χ4n) is 2.49. The van der Waals surface area contributed by atoms with E-state index in [0.29, 0.717) is 5.56 Å². The average molecular weight is 273 g/mol. The van der Waals surface area contributed by atoms with Gasteiger partial charge in [0.2, 0.25) is 0 Å². The maximum absolute atomic E-state index is 12.2. The molecule has 1 aromatic carbocycles. The molecule has 4 heteroatoms. The number of amides is 1. The molecular formula is C15H15NO2S. The van der Waals surface area contributed by atoms with Crippen molar-refractivity contribution in [3.8, 4) is 5.75 Å². The van der Waals surface area contributed by atoms with Crippen molar-refractivity contribution in [2.75, 3.05) is 0 Å². The fraction of sp³-hybridized carbons (Fsp3) is 0.267. The van der Waals surface area contributed by atoms with E-state index in [4.69, 9.17) is 0 Å². The van der Waals surface area contributed by atoms with Gasteiger partial charge in [0, 0.05) is 10.4 Å². The molecule has 1 heterocycles. The Morgan fingerprint density at radius 1 is 1.26 bits per heavy atom. The van der Waals surface area contributed by atoms with Crippen molar-refractivity contribution in [3.05, 3.63) is 51.7 Å². The Morgan fingerprint density at radius 3 is 2.84 bits per heavy atom. The quantitative estimate of drug-likeness (QED) is 0.882. The molecule has 0 aliphatic heterocycles. The van der Waals surface area contributed by atoms with Crippen LogP contribution in [0, 0.1) is 0 Å². The van der Waals surface area contributed by atoms with Crippen LogP contribution in [0.25, 0.3) is 0 Å². The first kappa shape index (κ1) is 12.2. The summed E-state index contributed by atoms with van der Waals surface area (Å²) in [6.45, 7) is 0. The summed E-state index contributed by atoms with van der Waals surface area (Å²) in [5.41, 5.74) is 1.85. The minimum absolute atomic E-state index is 0.0796. The van der Waals surface area contributed by atoms with Gasteiger partial charge >= 0.3 is 0 Å². The lowest BCUT2D eigenvalue weighted by molar-refractivity contribution is 0.0933. The third-order valence-electron chi connectivity index (χ3n) is 3.49. The Balaban J connectivity index is 1.76. The summed E-state index contributed by atoms with van der Waals surface area (Å²) in [6, 6.07) is 8.58. The third-order valence-corrected chi connectivity index (χ3v) is 4.48. The Bertz CT molecular complexity index is 588. The first-order chi connectivity index (χ1) is 9.24. The predicted octanol–water partition coefficient (Wildman–Crippen LogP) is 3.26. The number of phenols is 1. The summed E-state index contributed by atoms with van der Waals surface area (Å²) < 4.78 is 0. The standard InChI is InChI=1S/C15H15NO2S/c17-11-6-4-10(5-7-11)15(18)16-13-2-1-3-14-12(13)8-9-19-14/h4-9,13,17H,1-3H2,(H,16,18). The minimum atomic E-state index is -0.0796. The van der Waals surface area contributed by atoms with Gasteiger partial charge in [-0.25, -0.2) is 0 Å². The summed E-state index contributed by atoms with van der Waals surface area (Å²) in [6.07, 6.45) is 3.24. The molecule has 1 amide bonds. The van der Waals surface area contributed by atoms with Gasteiger partial charge in [0.1, 0.15) is 5.75 Å². The second-order valence-corrected chi connectivity index (χ2v) is 5.76. The molecule has 98 valence electrons. The van der Waals surface area contributed by atoms with Crippen LogP contribution in [0.15, 0.2) is 35.7 Å². The zero-order valence-corrected chi connectivity index (χ0v) is 11.2. The van der Waals surface area contributed by atoms with Crippen molar-refractivity contribution < 1.29 is 9.90 Å². The van der Waals surface area contributed by atoms with Crippen LogP contribution >= 0.6 is 11.3 Å². The van der Waals surface area contributed by atoms with Gasteiger partial charge in [-0.05, 0) is 60.5 Å². The molecule has 0 spiro atoms. The number of hydrogen-bond donors (Lipinski definition) is 2. The van der Waals surface area contributed by atoms with Gasteiger partial charge in [0.15, 0.2) is 0 Å². The van der Waals surface area contributed by atoms with Gasteiger partial charge in [-0.1, -0.05) is 0 Å². The van der Waals surface area contributed by atoms with E-state index in [2.05, 4.69) is 16.8 Å². The largest absolute Gasteiger partial charge is 0.508 e. The molecule has 0 saturated carbocycles. The normalized spacial score (nSPS) is 17.8. The molecule has 1 aliphatic carbocycles. The van der Waals surface area contributed by atoms with E-state index in [0.717, 1.165) is 19.3 Å². The molecule has 3 nitrogen and oxygen atoms in total. The number of phenolic OH excluding ortho intramolecular Hbond substituents is 1. The van der Waals surface area contributed by atoms with Gasteiger partial charge in [-0.2, -0.15) is 0 Å². The van der Waals surface area contributed by atoms with E-state index in [-0.39, 0.29) is 17.7 Å². The van der Waals surface area contributed by atoms with Gasteiger partial charge < -0.3 is 10.4 Å². The number of benzene rings is 1. The van der Waals surface area contributed by atoms with Crippen LogP contribution in [0.1, 0.15) is 39.7 Å². The second-order valence-electron chi connectivity index (χ2n) is 4.76. The number of rotatable bonds is 2. The van der Waals surface area contributed by atoms with E-state index in [9.17, 15) is 9.90 Å². The SMILES string of the molecule is O=C(NC1CCCc2sccc21)c1ccc(O)cc1. The van der Waals surface area contributed by atoms with Gasteiger partial charge in [-0.15, -0.1) is 11.3 Å². The first-order valence-electron chi connectivity index (χ1n) is 6.40. The molecular weight excluding hydrogens is 258 g/mol. The maximum atomic E-state index is 12.2. The van der Waals surface area contributed by atoms with Crippen molar-refractivity contribution in [2.24, 2.45) is 0 Å². The van der Waals surface area contributed by atoms with Crippen molar-refractivity contribution in [1.82, 2.24) is 5.32 Å². The van der Waals surface area contributed by atoms with Crippen LogP contribution in [0.5, 0.6) is 5.75 Å². The Kier molecular flexibility index (Phi) is 3.25. The number of aryl methyl sites for hydroxylation is 1. The van der Waals surface area contributed by atoms with E-state index < -0.39 is 0 Å². The number of thiophene rings is 1. The molecule has 0 saturated heterocycles. The van der Waals surface area contributed by atoms with E-state index in [1.54, 1.807) is 23.5 Å². The molecule has 0 fully saturated rings. The van der Waals surface area contributed by atoms with Crippen LogP contribution in [-0.2, 0) is 6.42 Å². The van der Waals surface area contributed by atoms with Gasteiger partial charge in [0.05, 0.1) is 6.04 Å². The monoisotopic (exact) mass is 273 g/mol. The van der Waals surface area contributed by atoms with Gasteiger partial charge in [0.25, 0.3) is 5.91 Å². The molecule has 2 N–H and O–H groups in total. The molecule has 0 radical (unpaired) electrons. The average Bonchev–Trinajstić information content (AvgIpc) is 2.89. The molecule has 3 rings (SSSR count). The summed E-state index contributed by atoms with van der Waals surface area (Å²) in [5.74, 6) is 0.0957. The number of nitrogens with one attached hydrogen (secondary N) is 1. The number of aromatic hydroxyl groups is 1. The van der Waals surface area contributed by atoms with Crippen LogP contribution in [0.2, 0.25) is 0 Å². The van der Waals surface area contributed by atoms with E-state index in [1.807, 2.05) is 0 Å². The van der Waals surface area contributed by atoms with Crippen molar-refractivity contribution >= 4 is 17.2 Å². The van der Waals surface area contributed by atoms with E-state index >= 15 is 0 Å². The summed E-state index contributed by atoms with van der Waals surface area (Å²) in [7, 11) is 0. The van der Waals surface area contributed by atoms with Crippen LogP contribution in [-0.4, -0.2) is 11.0 Å². The highest BCUT2D eigenvalue weighted by atomic mass is 32.1. The first-order valence-corrected chi connectivity index (χ1v) is 7.28. The molecule has 1 atom stereocenters. The summed E-state index contributed by atoms with van der Waals surface area (Å²) >= 11 is 1.77. The molecule has 1 unspecified atom stereocenters. The maximum Gasteiger partial charge on any atom is 0.251 e. The molecule has 2 aromatic rings. The van der Waals surface area contributed by atoms with Crippen LogP contribution < -0.4 is 5.32 Å². The highest BCUT2D eigenvalue weighted by Crippen LogP contribution is 2.33. The number of hydrogen-bond acceptors (Lipinski definition) is 3. The third kappa shape index (κ3) is 2.49. The van der Waals surface area contributed by atoms with E-state index in [1.165, 1.54) is 22.6 Å². The molecule has 0 bridgehead atoms. The highest BCUT2D eigenvalue weighted by molar-refractivity contribution is 7.10. The number of fused-ring (bicyclic) bond motifs is 1. The Morgan fingerprint density at radius 2 is 2.05 bits per heavy atom. The summed E-state index contributed by atoms with van der Waals surface area (Å²) in [5, 5.41) is 14.4. The predicted molar refractivity (Wildman–Crippen MR) is 75.6 cm³/mol. The van der Waals surface area contributed by atoms with Crippen molar-refractivity contribution in [3.63, 3.8) is 0 Å². The minimum Gasteiger partial charge on any atom is -0.508 e. The van der Waals surface area contributed by atoms with Crippen molar-refractivity contribution in [1.29, 1.82) is 0 Å². The topological polar surface area (TPSA) is 49.3 Å². The zero-order valence-electron chi connectivity index (χ0n) is 10.4. The molecule has 1 aromatic heterocycles. The Hall–Kier alpha value is -1.81. The number of carbonyl (C=O) groups excluding carboxylic acids is 1. The summed E-state index contributed by atoms with van der Waals surface area (Å²) in [4.78, 5) is 13.6. The Labute approximate surface area is 115 Å². The molecule has 1 aliphatic rings. The van der Waals surface area contributed by atoms with Crippen LogP contribution in [0.4, 0.5) is 0 Å². The zero-order chi connectivity index (χ0) is 13.2. The second kappa shape index (κ2) is 5.05. The van der Waals surface area contributed by atoms with Crippen LogP contribution in [0.3, 0.4) is 0 Å². The smallest absolute Gasteiger partial charge is 0.251 e. The lowest BCUT2D eigenvalue weighted by atomic mass is 9.94. The number of carbonyl (C=O) groups is 1. The lowest BCUT2D eigenvalue weighted by Crippen LogP contribution is -2.30. The molecule has 19 heavy (non-hydrogen) atoms. The van der Waals surface area contributed by atoms with Crippen molar-refractivity contribution in [2.45, 2.75) is 25.3 Å². The van der Waals surface area contributed by atoms with Gasteiger partial charge in [-0.3, -0.25) is 4.79 Å².